The van der Waals surface area contributed by atoms with Crippen molar-refractivity contribution < 1.29 is 13.9 Å². The topological polar surface area (TPSA) is 45.1 Å². The molecule has 0 bridgehead atoms. The molecule has 1 fully saturated rings. The molecule has 26 heavy (non-hydrogen) atoms. The molecule has 0 radical (unpaired) electrons. The summed E-state index contributed by atoms with van der Waals surface area (Å²) in [6.07, 6.45) is 1.84. The van der Waals surface area contributed by atoms with Gasteiger partial charge in [0.1, 0.15) is 5.82 Å². The number of ether oxygens (including phenoxy) is 1. The number of aliphatic imine (C=N–C) groups is 1. The summed E-state index contributed by atoms with van der Waals surface area (Å²) in [4.78, 5) is 21.1. The van der Waals surface area contributed by atoms with Crippen LogP contribution in [-0.2, 0) is 9.53 Å². The van der Waals surface area contributed by atoms with Crippen molar-refractivity contribution in [2.75, 3.05) is 31.6 Å². The predicted molar refractivity (Wildman–Crippen MR) is 98.8 cm³/mol. The van der Waals surface area contributed by atoms with E-state index in [0.717, 1.165) is 22.9 Å². The Morgan fingerprint density at radius 1 is 1.12 bits per heavy atom. The van der Waals surface area contributed by atoms with Crippen LogP contribution in [0.5, 0.6) is 0 Å². The Labute approximate surface area is 151 Å². The fraction of sp³-hybridized carbons (Fsp3) is 0.200. The molecule has 0 saturated carbocycles. The molecule has 2 aliphatic heterocycles. The van der Waals surface area contributed by atoms with Crippen LogP contribution in [0.4, 0.5) is 15.8 Å². The molecular formula is C20H18FN3O2. The zero-order chi connectivity index (χ0) is 18.1. The molecule has 0 aromatic heterocycles. The van der Waals surface area contributed by atoms with Crippen LogP contribution in [0.15, 0.2) is 59.1 Å². The van der Waals surface area contributed by atoms with Gasteiger partial charge in [0, 0.05) is 24.3 Å². The number of methoxy groups -OCH3 is 1. The first-order valence-corrected chi connectivity index (χ1v) is 8.40. The van der Waals surface area contributed by atoms with E-state index >= 15 is 0 Å². The number of para-hydroxylation sites is 1. The van der Waals surface area contributed by atoms with Gasteiger partial charge in [0.25, 0.3) is 0 Å². The van der Waals surface area contributed by atoms with Crippen molar-refractivity contribution in [3.63, 3.8) is 0 Å². The number of nitrogens with zero attached hydrogens (tertiary/aromatic N) is 3. The van der Waals surface area contributed by atoms with E-state index < -0.39 is 0 Å². The molecule has 0 N–H and O–H groups in total. The van der Waals surface area contributed by atoms with Gasteiger partial charge in [-0.2, -0.15) is 0 Å². The van der Waals surface area contributed by atoms with Crippen LogP contribution < -0.4 is 4.90 Å². The van der Waals surface area contributed by atoms with Gasteiger partial charge in [-0.1, -0.05) is 18.2 Å². The lowest BCUT2D eigenvalue weighted by atomic mass is 10.1. The van der Waals surface area contributed by atoms with E-state index in [1.807, 2.05) is 40.1 Å². The molecule has 0 aliphatic carbocycles. The lowest BCUT2D eigenvalue weighted by molar-refractivity contribution is -0.136. The highest BCUT2D eigenvalue weighted by atomic mass is 19.1. The Bertz CT molecular complexity index is 906. The third-order valence-corrected chi connectivity index (χ3v) is 4.55. The highest BCUT2D eigenvalue weighted by Gasteiger charge is 2.31. The molecule has 132 valence electrons. The van der Waals surface area contributed by atoms with Gasteiger partial charge in [-0.05, 0) is 36.4 Å². The third kappa shape index (κ3) is 2.94. The van der Waals surface area contributed by atoms with E-state index in [9.17, 15) is 9.18 Å². The molecule has 1 saturated heterocycles. The number of carbonyl (C=O) groups is 1. The summed E-state index contributed by atoms with van der Waals surface area (Å²) in [5.41, 5.74) is 3.09. The second-order valence-corrected chi connectivity index (χ2v) is 6.18. The van der Waals surface area contributed by atoms with Gasteiger partial charge >= 0.3 is 5.97 Å². The summed E-state index contributed by atoms with van der Waals surface area (Å²) < 4.78 is 18.2. The van der Waals surface area contributed by atoms with E-state index in [1.54, 1.807) is 12.1 Å². The first-order valence-electron chi connectivity index (χ1n) is 8.40. The summed E-state index contributed by atoms with van der Waals surface area (Å²) in [5, 5.41) is 0. The molecule has 0 atom stereocenters. The van der Waals surface area contributed by atoms with E-state index in [2.05, 4.69) is 0 Å². The Kier molecular flexibility index (Phi) is 4.16. The highest BCUT2D eigenvalue weighted by Crippen LogP contribution is 2.29. The van der Waals surface area contributed by atoms with E-state index in [0.29, 0.717) is 25.2 Å². The van der Waals surface area contributed by atoms with Crippen molar-refractivity contribution in [3.05, 3.63) is 65.5 Å². The quantitative estimate of drug-likeness (QED) is 0.780. The first-order chi connectivity index (χ1) is 12.7. The highest BCUT2D eigenvalue weighted by molar-refractivity contribution is 6.03. The van der Waals surface area contributed by atoms with Crippen molar-refractivity contribution in [2.24, 2.45) is 4.99 Å². The Morgan fingerprint density at radius 2 is 1.88 bits per heavy atom. The normalized spacial score (nSPS) is 18.1. The number of halogens is 1. The van der Waals surface area contributed by atoms with Crippen molar-refractivity contribution in [1.29, 1.82) is 0 Å². The summed E-state index contributed by atoms with van der Waals surface area (Å²) in [6.45, 7) is 1.84. The average Bonchev–Trinajstić information content (AvgIpc) is 3.02. The van der Waals surface area contributed by atoms with E-state index in [4.69, 9.17) is 9.73 Å². The zero-order valence-electron chi connectivity index (χ0n) is 14.4. The van der Waals surface area contributed by atoms with Crippen LogP contribution in [0, 0.1) is 5.82 Å². The van der Waals surface area contributed by atoms with Gasteiger partial charge < -0.3 is 14.5 Å². The number of esters is 1. The molecule has 4 rings (SSSR count). The number of fused-ring (bicyclic) bond motifs is 2. The number of guanidine groups is 1. The molecule has 0 amide bonds. The maximum absolute atomic E-state index is 13.3. The number of anilines is 1. The molecule has 0 unspecified atom stereocenters. The minimum Gasteiger partial charge on any atom is -0.466 e. The second-order valence-electron chi connectivity index (χ2n) is 6.18. The van der Waals surface area contributed by atoms with E-state index in [-0.39, 0.29) is 11.8 Å². The maximum Gasteiger partial charge on any atom is 0.335 e. The summed E-state index contributed by atoms with van der Waals surface area (Å²) >= 11 is 0. The number of rotatable bonds is 2. The molecule has 6 heteroatoms. The van der Waals surface area contributed by atoms with Gasteiger partial charge in [-0.3, -0.25) is 0 Å². The molecule has 2 aromatic rings. The van der Waals surface area contributed by atoms with Gasteiger partial charge in [-0.15, -0.1) is 0 Å². The minimum atomic E-state index is -0.346. The lowest BCUT2D eigenvalue weighted by Gasteiger charge is -2.25. The number of hydrogen-bond donors (Lipinski definition) is 0. The Hall–Kier alpha value is -3.15. The minimum absolute atomic E-state index is 0.273. The van der Waals surface area contributed by atoms with Crippen molar-refractivity contribution >= 4 is 29.4 Å². The molecule has 5 nitrogen and oxygen atoms in total. The van der Waals surface area contributed by atoms with Crippen LogP contribution in [0.1, 0.15) is 5.56 Å². The lowest BCUT2D eigenvalue weighted by Crippen LogP contribution is -2.36. The number of carbonyl (C=O) groups excluding carboxylic acids is 1. The summed E-state index contributed by atoms with van der Waals surface area (Å²) in [5.74, 6) is 0.130. The molecule has 2 aliphatic rings. The second kappa shape index (κ2) is 6.63. The molecular weight excluding hydrogens is 333 g/mol. The van der Waals surface area contributed by atoms with Gasteiger partial charge in [0.15, 0.2) is 0 Å². The standard InChI is InChI=1S/C20H18FN3O2/c1-26-19(25)15-12-14-4-2-3-5-18(14)22-20-23(13-15)10-11-24(20)17-8-6-16(21)7-9-17/h2-9,12H,10-11,13H2,1H3/b15-12+,22-20?. The monoisotopic (exact) mass is 351 g/mol. The first kappa shape index (κ1) is 16.3. The smallest absolute Gasteiger partial charge is 0.335 e. The van der Waals surface area contributed by atoms with Crippen LogP contribution in [0.3, 0.4) is 0 Å². The van der Waals surface area contributed by atoms with Crippen molar-refractivity contribution in [2.45, 2.75) is 0 Å². The van der Waals surface area contributed by atoms with Gasteiger partial charge in [0.05, 0.1) is 24.9 Å². The summed E-state index contributed by atoms with van der Waals surface area (Å²) in [6, 6.07) is 14.0. The van der Waals surface area contributed by atoms with Gasteiger partial charge in [0.2, 0.25) is 5.96 Å². The molecule has 0 spiro atoms. The van der Waals surface area contributed by atoms with Crippen LogP contribution in [-0.4, -0.2) is 43.6 Å². The van der Waals surface area contributed by atoms with E-state index in [1.165, 1.54) is 19.2 Å². The zero-order valence-corrected chi connectivity index (χ0v) is 14.4. The Balaban J connectivity index is 1.79. The molecule has 2 aromatic carbocycles. The van der Waals surface area contributed by atoms with Gasteiger partial charge in [-0.25, -0.2) is 14.2 Å². The predicted octanol–water partition coefficient (Wildman–Crippen LogP) is 3.21. The van der Waals surface area contributed by atoms with Crippen LogP contribution in [0.2, 0.25) is 0 Å². The maximum atomic E-state index is 13.3. The Morgan fingerprint density at radius 3 is 2.65 bits per heavy atom. The van der Waals surface area contributed by atoms with Crippen molar-refractivity contribution in [3.8, 4) is 0 Å². The van der Waals surface area contributed by atoms with Crippen molar-refractivity contribution in [1.82, 2.24) is 4.90 Å². The average molecular weight is 351 g/mol. The third-order valence-electron chi connectivity index (χ3n) is 4.55. The summed E-state index contributed by atoms with van der Waals surface area (Å²) in [7, 11) is 1.39. The molecule has 2 heterocycles. The number of benzene rings is 2. The SMILES string of the molecule is COC(=O)/C1=C/c2ccccc2N=C2N(CCN2c2ccc(F)cc2)C1. The fourth-order valence-electron chi connectivity index (χ4n) is 3.25. The largest absolute Gasteiger partial charge is 0.466 e. The van der Waals surface area contributed by atoms with Crippen LogP contribution >= 0.6 is 0 Å². The number of hydrogen-bond acceptors (Lipinski definition) is 5. The van der Waals surface area contributed by atoms with Crippen LogP contribution in [0.25, 0.3) is 6.08 Å². The fourth-order valence-corrected chi connectivity index (χ4v) is 3.25.